The van der Waals surface area contributed by atoms with E-state index in [1.54, 1.807) is 6.07 Å². The van der Waals surface area contributed by atoms with E-state index in [4.69, 9.17) is 4.74 Å². The van der Waals surface area contributed by atoms with Gasteiger partial charge in [-0.1, -0.05) is 44.6 Å². The Labute approximate surface area is 116 Å². The highest BCUT2D eigenvalue weighted by atomic mass is 16.5. The van der Waals surface area contributed by atoms with Crippen LogP contribution in [0.2, 0.25) is 0 Å². The molecule has 0 radical (unpaired) electrons. The third-order valence-corrected chi connectivity index (χ3v) is 3.93. The molecule has 1 heterocycles. The number of hydrogen-bond donors (Lipinski definition) is 1. The molecule has 106 valence electrons. The highest BCUT2D eigenvalue weighted by Gasteiger charge is 2.05. The number of aryl methyl sites for hydroxylation is 1. The van der Waals surface area contributed by atoms with Gasteiger partial charge in [-0.3, -0.25) is 0 Å². The molecular formula is C17H26O2. The fourth-order valence-electron chi connectivity index (χ4n) is 2.75. The minimum Gasteiger partial charge on any atom is -0.508 e. The minimum atomic E-state index is 0.375. The van der Waals surface area contributed by atoms with Crippen molar-refractivity contribution in [1.82, 2.24) is 0 Å². The van der Waals surface area contributed by atoms with Crippen LogP contribution in [0.3, 0.4) is 0 Å². The first-order chi connectivity index (χ1) is 9.36. The van der Waals surface area contributed by atoms with E-state index >= 15 is 0 Å². The minimum absolute atomic E-state index is 0.375. The normalized spacial score (nSPS) is 19.4. The van der Waals surface area contributed by atoms with E-state index in [-0.39, 0.29) is 0 Å². The fourth-order valence-corrected chi connectivity index (χ4v) is 2.75. The van der Waals surface area contributed by atoms with Crippen molar-refractivity contribution in [2.75, 3.05) is 6.61 Å². The molecule has 0 saturated carbocycles. The second-order valence-electron chi connectivity index (χ2n) is 5.58. The van der Waals surface area contributed by atoms with Gasteiger partial charge in [0.05, 0.1) is 6.61 Å². The lowest BCUT2D eigenvalue weighted by Crippen LogP contribution is -2.00. The van der Waals surface area contributed by atoms with Crippen molar-refractivity contribution >= 4 is 0 Å². The topological polar surface area (TPSA) is 29.5 Å². The molecule has 1 aromatic carbocycles. The quantitative estimate of drug-likeness (QED) is 0.741. The van der Waals surface area contributed by atoms with E-state index in [2.05, 4.69) is 0 Å². The summed E-state index contributed by atoms with van der Waals surface area (Å²) in [5, 5.41) is 9.62. The Kier molecular flexibility index (Phi) is 6.22. The van der Waals surface area contributed by atoms with Crippen LogP contribution in [0.1, 0.15) is 62.5 Å². The van der Waals surface area contributed by atoms with Gasteiger partial charge in [0.25, 0.3) is 0 Å². The van der Waals surface area contributed by atoms with E-state index in [0.717, 1.165) is 13.0 Å². The molecule has 19 heavy (non-hydrogen) atoms. The average molecular weight is 262 g/mol. The molecule has 0 fully saturated rings. The fraction of sp³-hybridized carbons (Fsp3) is 0.647. The number of aromatic hydroxyl groups is 1. The van der Waals surface area contributed by atoms with E-state index in [9.17, 15) is 5.11 Å². The molecule has 1 aliphatic rings. The van der Waals surface area contributed by atoms with Crippen LogP contribution in [0.4, 0.5) is 0 Å². The summed E-state index contributed by atoms with van der Waals surface area (Å²) in [6, 6.07) is 5.69. The summed E-state index contributed by atoms with van der Waals surface area (Å²) in [6.45, 7) is 1.55. The van der Waals surface area contributed by atoms with E-state index in [1.165, 1.54) is 62.5 Å². The van der Waals surface area contributed by atoms with Crippen LogP contribution >= 0.6 is 0 Å². The van der Waals surface area contributed by atoms with Crippen LogP contribution in [0.25, 0.3) is 0 Å². The van der Waals surface area contributed by atoms with Crippen LogP contribution in [-0.4, -0.2) is 11.7 Å². The number of benzene rings is 1. The van der Waals surface area contributed by atoms with Crippen LogP contribution in [0, 0.1) is 0 Å². The predicted octanol–water partition coefficient (Wildman–Crippen LogP) is 4.59. The zero-order valence-electron chi connectivity index (χ0n) is 11.9. The molecule has 0 aliphatic carbocycles. The van der Waals surface area contributed by atoms with Crippen molar-refractivity contribution < 1.29 is 9.84 Å². The van der Waals surface area contributed by atoms with Crippen molar-refractivity contribution in [2.45, 2.75) is 64.4 Å². The summed E-state index contributed by atoms with van der Waals surface area (Å²) in [5.74, 6) is 0.375. The number of phenolic OH excluding ortho intramolecular Hbond substituents is 1. The monoisotopic (exact) mass is 262 g/mol. The van der Waals surface area contributed by atoms with Gasteiger partial charge in [0.1, 0.15) is 5.75 Å². The molecule has 1 aliphatic heterocycles. The van der Waals surface area contributed by atoms with Gasteiger partial charge in [0, 0.05) is 6.61 Å². The molecule has 1 aromatic rings. The Morgan fingerprint density at radius 3 is 2.26 bits per heavy atom. The molecular weight excluding hydrogens is 236 g/mol. The van der Waals surface area contributed by atoms with Crippen LogP contribution in [0.5, 0.6) is 5.75 Å². The highest BCUT2D eigenvalue weighted by molar-refractivity contribution is 5.34. The highest BCUT2D eigenvalue weighted by Crippen LogP contribution is 2.21. The lowest BCUT2D eigenvalue weighted by molar-refractivity contribution is 0.116. The first-order valence-electron chi connectivity index (χ1n) is 7.75. The summed E-state index contributed by atoms with van der Waals surface area (Å²) >= 11 is 0. The van der Waals surface area contributed by atoms with Gasteiger partial charge in [-0.05, 0) is 42.5 Å². The molecule has 0 amide bonds. The second-order valence-corrected chi connectivity index (χ2v) is 5.58. The Balaban J connectivity index is 1.97. The molecule has 2 rings (SSSR count). The average Bonchev–Trinajstić information content (AvgIpc) is 2.41. The Morgan fingerprint density at radius 1 is 0.789 bits per heavy atom. The van der Waals surface area contributed by atoms with E-state index in [0.29, 0.717) is 12.4 Å². The summed E-state index contributed by atoms with van der Waals surface area (Å²) < 4.78 is 5.76. The van der Waals surface area contributed by atoms with E-state index in [1.807, 2.05) is 12.1 Å². The van der Waals surface area contributed by atoms with Gasteiger partial charge in [0.15, 0.2) is 0 Å². The molecule has 0 bridgehead atoms. The molecule has 1 N–H and O–H groups in total. The van der Waals surface area contributed by atoms with Crippen molar-refractivity contribution in [2.24, 2.45) is 0 Å². The predicted molar refractivity (Wildman–Crippen MR) is 78.4 cm³/mol. The van der Waals surface area contributed by atoms with Crippen LogP contribution in [-0.2, 0) is 17.8 Å². The summed E-state index contributed by atoms with van der Waals surface area (Å²) in [7, 11) is 0. The van der Waals surface area contributed by atoms with Crippen molar-refractivity contribution in [3.8, 4) is 5.75 Å². The summed E-state index contributed by atoms with van der Waals surface area (Å²) in [5.41, 5.74) is 2.51. The first-order valence-corrected chi connectivity index (χ1v) is 7.75. The molecule has 0 spiro atoms. The summed E-state index contributed by atoms with van der Waals surface area (Å²) in [4.78, 5) is 0. The molecule has 2 heteroatoms. The number of fused-ring (bicyclic) bond motifs is 1. The number of hydrogen-bond acceptors (Lipinski definition) is 2. The molecule has 0 saturated heterocycles. The standard InChI is InChI=1S/C17H26O2/c18-17-11-10-16-14-19-12-8-6-4-2-1-3-5-7-9-15(16)13-17/h10-11,13,18H,1-9,12,14H2. The Morgan fingerprint density at radius 2 is 1.47 bits per heavy atom. The van der Waals surface area contributed by atoms with Gasteiger partial charge >= 0.3 is 0 Å². The largest absolute Gasteiger partial charge is 0.508 e. The molecule has 0 unspecified atom stereocenters. The van der Waals surface area contributed by atoms with Gasteiger partial charge in [-0.2, -0.15) is 0 Å². The third kappa shape index (κ3) is 5.23. The Hall–Kier alpha value is -1.02. The third-order valence-electron chi connectivity index (χ3n) is 3.93. The molecule has 0 aromatic heterocycles. The van der Waals surface area contributed by atoms with Gasteiger partial charge in [0.2, 0.25) is 0 Å². The maximum atomic E-state index is 9.62. The maximum Gasteiger partial charge on any atom is 0.115 e. The van der Waals surface area contributed by atoms with Crippen LogP contribution < -0.4 is 0 Å². The van der Waals surface area contributed by atoms with Crippen molar-refractivity contribution in [3.63, 3.8) is 0 Å². The van der Waals surface area contributed by atoms with Gasteiger partial charge in [-0.15, -0.1) is 0 Å². The van der Waals surface area contributed by atoms with Crippen LogP contribution in [0.15, 0.2) is 18.2 Å². The Bertz CT molecular complexity index is 374. The smallest absolute Gasteiger partial charge is 0.115 e. The lowest BCUT2D eigenvalue weighted by atomic mass is 10.00. The number of ether oxygens (including phenoxy) is 1. The SMILES string of the molecule is Oc1ccc2c(c1)CCCCCCCCCCOC2. The van der Waals surface area contributed by atoms with Gasteiger partial charge < -0.3 is 9.84 Å². The van der Waals surface area contributed by atoms with Crippen molar-refractivity contribution in [1.29, 1.82) is 0 Å². The molecule has 0 atom stereocenters. The lowest BCUT2D eigenvalue weighted by Gasteiger charge is -2.12. The first kappa shape index (κ1) is 14.4. The van der Waals surface area contributed by atoms with Crippen molar-refractivity contribution in [3.05, 3.63) is 29.3 Å². The summed E-state index contributed by atoms with van der Waals surface area (Å²) in [6.07, 6.45) is 11.5. The van der Waals surface area contributed by atoms with Gasteiger partial charge in [-0.25, -0.2) is 0 Å². The van der Waals surface area contributed by atoms with E-state index < -0.39 is 0 Å². The number of rotatable bonds is 0. The number of phenols is 1. The maximum absolute atomic E-state index is 9.62. The second kappa shape index (κ2) is 8.21. The molecule has 2 nitrogen and oxygen atoms in total. The zero-order chi connectivity index (χ0) is 13.3. The zero-order valence-corrected chi connectivity index (χ0v) is 11.9.